The molecule has 2 aliphatic rings. The first-order valence-electron chi connectivity index (χ1n) is 12.7. The molecule has 1 aliphatic heterocycles. The van der Waals surface area contributed by atoms with Crippen LogP contribution in [-0.4, -0.2) is 58.2 Å². The van der Waals surface area contributed by atoms with Crippen molar-refractivity contribution in [2.24, 2.45) is 5.92 Å². The second kappa shape index (κ2) is 11.8. The van der Waals surface area contributed by atoms with Crippen LogP contribution in [0.1, 0.15) is 67.4 Å². The number of aromatic nitrogens is 2. The van der Waals surface area contributed by atoms with Gasteiger partial charge in [-0.3, -0.25) is 9.59 Å². The average molecular weight is 521 g/mol. The third kappa shape index (κ3) is 6.90. The van der Waals surface area contributed by atoms with Gasteiger partial charge in [0.15, 0.2) is 5.69 Å². The fraction of sp³-hybridized carbons (Fsp3) is 0.538. The zero-order valence-electron chi connectivity index (χ0n) is 20.5. The van der Waals surface area contributed by atoms with Crippen molar-refractivity contribution in [3.63, 3.8) is 0 Å². The van der Waals surface area contributed by atoms with Gasteiger partial charge in [0.2, 0.25) is 0 Å². The summed E-state index contributed by atoms with van der Waals surface area (Å²) in [6.07, 6.45) is 1.55. The Morgan fingerprint density at radius 1 is 1.03 bits per heavy atom. The van der Waals surface area contributed by atoms with Crippen molar-refractivity contribution in [2.75, 3.05) is 19.6 Å². The molecule has 2 fully saturated rings. The lowest BCUT2D eigenvalue weighted by molar-refractivity contribution is -0.141. The summed E-state index contributed by atoms with van der Waals surface area (Å²) in [5, 5.41) is 6.05. The predicted octanol–water partition coefficient (Wildman–Crippen LogP) is 4.76. The van der Waals surface area contributed by atoms with Crippen molar-refractivity contribution in [2.45, 2.75) is 63.6 Å². The Hall–Kier alpha value is -3.37. The zero-order chi connectivity index (χ0) is 26.4. The number of nitrogens with zero attached hydrogens (tertiary/aromatic N) is 3. The third-order valence-electron chi connectivity index (χ3n) is 6.91. The molecule has 1 saturated carbocycles. The third-order valence-corrected chi connectivity index (χ3v) is 6.91. The van der Waals surface area contributed by atoms with Crippen LogP contribution in [0.3, 0.4) is 0 Å². The van der Waals surface area contributed by atoms with Crippen LogP contribution in [0.4, 0.5) is 18.0 Å². The van der Waals surface area contributed by atoms with Gasteiger partial charge in [-0.25, -0.2) is 9.48 Å². The number of likely N-dealkylation sites (tertiary alicyclic amines) is 1. The smallest absolute Gasteiger partial charge is 0.435 e. The monoisotopic (exact) mass is 520 g/mol. The topological polar surface area (TPSA) is 93.5 Å². The molecule has 0 spiro atoms. The van der Waals surface area contributed by atoms with Crippen LogP contribution in [0.2, 0.25) is 0 Å². The molecule has 1 saturated heterocycles. The molecule has 8 nitrogen and oxygen atoms in total. The Kier molecular flexibility index (Phi) is 8.50. The maximum Gasteiger partial charge on any atom is 0.435 e. The fourth-order valence-electron chi connectivity index (χ4n) is 4.83. The lowest BCUT2D eigenvalue weighted by Crippen LogP contribution is -2.41. The minimum Gasteiger partial charge on any atom is -0.446 e. The lowest BCUT2D eigenvalue weighted by atomic mass is 9.90. The number of benzene rings is 1. The zero-order valence-corrected chi connectivity index (χ0v) is 20.5. The van der Waals surface area contributed by atoms with Crippen LogP contribution in [-0.2, 0) is 15.7 Å². The number of hydrogen-bond donors (Lipinski definition) is 1. The molecule has 200 valence electrons. The number of nitrogens with one attached hydrogen (secondary N) is 1. The molecule has 11 heteroatoms. The largest absolute Gasteiger partial charge is 0.446 e. The van der Waals surface area contributed by atoms with Gasteiger partial charge in [-0.1, -0.05) is 18.2 Å². The highest BCUT2D eigenvalue weighted by atomic mass is 19.4. The summed E-state index contributed by atoms with van der Waals surface area (Å²) in [5.74, 6) is -1.03. The Labute approximate surface area is 213 Å². The summed E-state index contributed by atoms with van der Waals surface area (Å²) in [6.45, 7) is 0.986. The SMILES string of the molecule is O=C(NCCCC(=O)C1CCN(C(=O)OC2CCCC2)CC1)c1cn(-c2ccccc2)nc1C(F)(F)F. The quantitative estimate of drug-likeness (QED) is 0.507. The van der Waals surface area contributed by atoms with E-state index < -0.39 is 23.3 Å². The summed E-state index contributed by atoms with van der Waals surface area (Å²) in [7, 11) is 0. The second-order valence-electron chi connectivity index (χ2n) is 9.55. The summed E-state index contributed by atoms with van der Waals surface area (Å²) < 4.78 is 47.0. The van der Waals surface area contributed by atoms with E-state index in [0.29, 0.717) is 38.0 Å². The number of alkyl halides is 3. The Bertz CT molecular complexity index is 1090. The Morgan fingerprint density at radius 3 is 2.35 bits per heavy atom. The number of para-hydroxylation sites is 1. The first kappa shape index (κ1) is 26.7. The van der Waals surface area contributed by atoms with Crippen molar-refractivity contribution in [1.29, 1.82) is 0 Å². The van der Waals surface area contributed by atoms with Crippen molar-refractivity contribution in [3.8, 4) is 5.69 Å². The highest BCUT2D eigenvalue weighted by molar-refractivity contribution is 5.95. The summed E-state index contributed by atoms with van der Waals surface area (Å²) >= 11 is 0. The number of hydrogen-bond acceptors (Lipinski definition) is 5. The highest BCUT2D eigenvalue weighted by Crippen LogP contribution is 2.31. The van der Waals surface area contributed by atoms with Gasteiger partial charge >= 0.3 is 12.3 Å². The van der Waals surface area contributed by atoms with E-state index in [-0.39, 0.29) is 36.9 Å². The first-order chi connectivity index (χ1) is 17.7. The van der Waals surface area contributed by atoms with Gasteiger partial charge < -0.3 is 15.0 Å². The first-order valence-corrected chi connectivity index (χ1v) is 12.7. The number of carbonyl (C=O) groups is 3. The molecule has 1 N–H and O–H groups in total. The van der Waals surface area contributed by atoms with Crippen LogP contribution in [0, 0.1) is 5.92 Å². The molecule has 2 aromatic rings. The van der Waals surface area contributed by atoms with Gasteiger partial charge in [0.1, 0.15) is 11.9 Å². The number of amides is 2. The van der Waals surface area contributed by atoms with Crippen LogP contribution in [0.15, 0.2) is 36.5 Å². The molecule has 1 aromatic carbocycles. The summed E-state index contributed by atoms with van der Waals surface area (Å²) in [4.78, 5) is 39.1. The normalized spacial score (nSPS) is 17.1. The number of carbonyl (C=O) groups excluding carboxylic acids is 3. The number of ketones is 1. The second-order valence-corrected chi connectivity index (χ2v) is 9.55. The molecule has 0 bridgehead atoms. The number of rotatable bonds is 8. The minimum absolute atomic E-state index is 0.00181. The van der Waals surface area contributed by atoms with E-state index in [1.165, 1.54) is 0 Å². The van der Waals surface area contributed by atoms with Gasteiger partial charge in [-0.2, -0.15) is 18.3 Å². The molecular formula is C26H31F3N4O4. The van der Waals surface area contributed by atoms with Crippen molar-refractivity contribution in [3.05, 3.63) is 47.8 Å². The molecule has 37 heavy (non-hydrogen) atoms. The van der Waals surface area contributed by atoms with Gasteiger partial charge in [-0.05, 0) is 57.1 Å². The van der Waals surface area contributed by atoms with Crippen LogP contribution in [0.25, 0.3) is 5.69 Å². The molecule has 1 aliphatic carbocycles. The number of halogens is 3. The highest BCUT2D eigenvalue weighted by Gasteiger charge is 2.39. The van der Waals surface area contributed by atoms with E-state index in [9.17, 15) is 27.6 Å². The van der Waals surface area contributed by atoms with Gasteiger partial charge in [0, 0.05) is 38.2 Å². The Balaban J connectivity index is 1.22. The summed E-state index contributed by atoms with van der Waals surface area (Å²) in [6, 6.07) is 8.22. The standard InChI is InChI=1S/C26H31F3N4O4/c27-26(28,29)23-21(17-33(31-23)19-7-2-1-3-8-19)24(35)30-14-6-11-22(34)18-12-15-32(16-13-18)25(36)37-20-9-4-5-10-20/h1-3,7-8,17-18,20H,4-6,9-16H2,(H,30,35). The number of ether oxygens (including phenoxy) is 1. The van der Waals surface area contributed by atoms with Crippen molar-refractivity contribution in [1.82, 2.24) is 20.0 Å². The Morgan fingerprint density at radius 2 is 1.70 bits per heavy atom. The van der Waals surface area contributed by atoms with E-state index in [0.717, 1.165) is 36.6 Å². The van der Waals surface area contributed by atoms with Crippen molar-refractivity contribution >= 4 is 17.8 Å². The maximum atomic E-state index is 13.5. The van der Waals surface area contributed by atoms with Crippen molar-refractivity contribution < 1.29 is 32.3 Å². The van der Waals surface area contributed by atoms with Crippen LogP contribution in [0.5, 0.6) is 0 Å². The van der Waals surface area contributed by atoms with Crippen LogP contribution < -0.4 is 5.32 Å². The number of Topliss-reactive ketones (excluding diaryl/α,β-unsaturated/α-hetero) is 1. The molecule has 0 atom stereocenters. The van der Waals surface area contributed by atoms with Gasteiger partial charge in [0.25, 0.3) is 5.91 Å². The molecular weight excluding hydrogens is 489 g/mol. The fourth-order valence-corrected chi connectivity index (χ4v) is 4.83. The molecule has 4 rings (SSSR count). The van der Waals surface area contributed by atoms with E-state index >= 15 is 0 Å². The predicted molar refractivity (Wildman–Crippen MR) is 128 cm³/mol. The van der Waals surface area contributed by atoms with Gasteiger partial charge in [-0.15, -0.1) is 0 Å². The van der Waals surface area contributed by atoms with Crippen LogP contribution >= 0.6 is 0 Å². The average Bonchev–Trinajstić information content (AvgIpc) is 3.57. The minimum atomic E-state index is -4.79. The molecule has 0 radical (unpaired) electrons. The molecule has 2 heterocycles. The maximum absolute atomic E-state index is 13.5. The number of piperidine rings is 1. The molecule has 0 unspecified atom stereocenters. The van der Waals surface area contributed by atoms with E-state index in [2.05, 4.69) is 10.4 Å². The van der Waals surface area contributed by atoms with E-state index in [4.69, 9.17) is 4.74 Å². The van der Waals surface area contributed by atoms with Gasteiger partial charge in [0.05, 0.1) is 11.3 Å². The van der Waals surface area contributed by atoms with E-state index in [1.54, 1.807) is 35.2 Å². The molecule has 2 amide bonds. The summed E-state index contributed by atoms with van der Waals surface area (Å²) in [5.41, 5.74) is -1.43. The lowest BCUT2D eigenvalue weighted by Gasteiger charge is -2.31. The van der Waals surface area contributed by atoms with E-state index in [1.807, 2.05) is 0 Å². The molecule has 1 aromatic heterocycles.